The first kappa shape index (κ1) is 19.3. The van der Waals surface area contributed by atoms with Gasteiger partial charge in [0.2, 0.25) is 0 Å². The molecule has 9 heteroatoms. The average Bonchev–Trinajstić information content (AvgIpc) is 3.31. The van der Waals surface area contributed by atoms with E-state index in [2.05, 4.69) is 0 Å². The lowest BCUT2D eigenvalue weighted by molar-refractivity contribution is -0.0555. The highest BCUT2D eigenvalue weighted by Crippen LogP contribution is 2.28. The molecule has 9 nitrogen and oxygen atoms in total. The van der Waals surface area contributed by atoms with Gasteiger partial charge in [-0.3, -0.25) is 13.9 Å². The van der Waals surface area contributed by atoms with Crippen molar-refractivity contribution in [3.63, 3.8) is 0 Å². The van der Waals surface area contributed by atoms with Gasteiger partial charge < -0.3 is 24.5 Å². The number of furan rings is 1. The Hall–Kier alpha value is -2.98. The second-order valence-electron chi connectivity index (χ2n) is 6.79. The summed E-state index contributed by atoms with van der Waals surface area (Å²) in [5, 5.41) is 29.3. The van der Waals surface area contributed by atoms with Crippen molar-refractivity contribution in [2.45, 2.75) is 31.1 Å². The molecular formula is C20H20N2O7. The molecule has 4 rings (SSSR count). The van der Waals surface area contributed by atoms with Gasteiger partial charge in [0, 0.05) is 17.8 Å². The summed E-state index contributed by atoms with van der Waals surface area (Å²) in [7, 11) is 0. The van der Waals surface area contributed by atoms with E-state index in [1.54, 1.807) is 12.1 Å². The van der Waals surface area contributed by atoms with Gasteiger partial charge in [-0.15, -0.1) is 0 Å². The summed E-state index contributed by atoms with van der Waals surface area (Å²) in [5.41, 5.74) is -0.413. The number of rotatable bonds is 5. The van der Waals surface area contributed by atoms with Crippen molar-refractivity contribution in [3.8, 4) is 11.3 Å². The Morgan fingerprint density at radius 1 is 0.966 bits per heavy atom. The number of hydrogen-bond donors (Lipinski definition) is 3. The third-order valence-electron chi connectivity index (χ3n) is 4.92. The van der Waals surface area contributed by atoms with Gasteiger partial charge in [-0.2, -0.15) is 0 Å². The van der Waals surface area contributed by atoms with E-state index in [1.807, 2.05) is 30.3 Å². The molecule has 2 aromatic heterocycles. The van der Waals surface area contributed by atoms with E-state index >= 15 is 0 Å². The molecule has 1 saturated heterocycles. The van der Waals surface area contributed by atoms with E-state index in [1.165, 1.54) is 6.20 Å². The summed E-state index contributed by atoms with van der Waals surface area (Å²) in [5.74, 6) is 1.01. The third-order valence-corrected chi connectivity index (χ3v) is 4.92. The minimum atomic E-state index is -1.43. The summed E-state index contributed by atoms with van der Waals surface area (Å²) in [4.78, 5) is 25.1. The largest absolute Gasteiger partial charge is 0.459 e. The predicted molar refractivity (Wildman–Crippen MR) is 101 cm³/mol. The molecule has 0 aliphatic carbocycles. The third kappa shape index (κ3) is 3.56. The molecule has 3 N–H and O–H groups in total. The second-order valence-corrected chi connectivity index (χ2v) is 6.79. The molecule has 0 amide bonds. The molecule has 3 heterocycles. The van der Waals surface area contributed by atoms with Gasteiger partial charge in [-0.25, -0.2) is 4.79 Å². The molecular weight excluding hydrogens is 380 g/mol. The van der Waals surface area contributed by atoms with Crippen molar-refractivity contribution in [2.75, 3.05) is 6.61 Å². The fourth-order valence-electron chi connectivity index (χ4n) is 3.36. The van der Waals surface area contributed by atoms with Crippen LogP contribution in [-0.2, 0) is 11.3 Å². The number of nitrogens with zero attached hydrogens (tertiary/aromatic N) is 2. The van der Waals surface area contributed by atoms with Gasteiger partial charge in [0.05, 0.1) is 13.2 Å². The highest BCUT2D eigenvalue weighted by Gasteiger charge is 2.43. The van der Waals surface area contributed by atoms with Gasteiger partial charge in [0.25, 0.3) is 5.56 Å². The zero-order chi connectivity index (χ0) is 20.5. The Morgan fingerprint density at radius 2 is 1.72 bits per heavy atom. The Labute approximate surface area is 164 Å². The first-order valence-corrected chi connectivity index (χ1v) is 9.08. The number of aliphatic hydroxyl groups is 3. The summed E-state index contributed by atoms with van der Waals surface area (Å²) < 4.78 is 13.1. The molecule has 152 valence electrons. The van der Waals surface area contributed by atoms with Crippen molar-refractivity contribution in [1.82, 2.24) is 9.13 Å². The predicted octanol–water partition coefficient (Wildman–Crippen LogP) is -0.0702. The van der Waals surface area contributed by atoms with E-state index in [-0.39, 0.29) is 6.54 Å². The monoisotopic (exact) mass is 400 g/mol. The molecule has 0 bridgehead atoms. The minimum Gasteiger partial charge on any atom is -0.459 e. The molecule has 29 heavy (non-hydrogen) atoms. The zero-order valence-corrected chi connectivity index (χ0v) is 15.3. The number of benzene rings is 1. The smallest absolute Gasteiger partial charge is 0.333 e. The fraction of sp³-hybridized carbons (Fsp3) is 0.300. The normalized spacial score (nSPS) is 24.1. The molecule has 3 aromatic rings. The molecule has 4 unspecified atom stereocenters. The zero-order valence-electron chi connectivity index (χ0n) is 15.3. The molecule has 4 atom stereocenters. The first-order valence-electron chi connectivity index (χ1n) is 9.08. The van der Waals surface area contributed by atoms with Crippen LogP contribution in [0.15, 0.2) is 68.7 Å². The van der Waals surface area contributed by atoms with Crippen LogP contribution in [0.3, 0.4) is 0 Å². The second kappa shape index (κ2) is 7.80. The average molecular weight is 400 g/mol. The summed E-state index contributed by atoms with van der Waals surface area (Å²) in [6, 6.07) is 14.0. The molecule has 0 saturated carbocycles. The van der Waals surface area contributed by atoms with Crippen molar-refractivity contribution in [1.29, 1.82) is 0 Å². The Morgan fingerprint density at radius 3 is 2.41 bits per heavy atom. The maximum Gasteiger partial charge on any atom is 0.333 e. The van der Waals surface area contributed by atoms with Crippen LogP contribution in [0.5, 0.6) is 0 Å². The van der Waals surface area contributed by atoms with Crippen molar-refractivity contribution in [3.05, 3.63) is 81.3 Å². The molecule has 1 aliphatic rings. The van der Waals surface area contributed by atoms with Gasteiger partial charge >= 0.3 is 5.69 Å². The summed E-state index contributed by atoms with van der Waals surface area (Å²) in [6.07, 6.45) is -3.84. The fourth-order valence-corrected chi connectivity index (χ4v) is 3.36. The highest BCUT2D eigenvalue weighted by atomic mass is 16.6. The topological polar surface area (TPSA) is 127 Å². The standard InChI is InChI=1S/C20H20N2O7/c23-11-15-17(25)18(26)19(29-15)21-9-8-16(24)22(20(21)27)10-13-6-7-14(28-13)12-4-2-1-3-5-12/h1-9,15,17-19,23,25-26H,10-11H2. The lowest BCUT2D eigenvalue weighted by Crippen LogP contribution is -2.43. The quantitative estimate of drug-likeness (QED) is 0.547. The van der Waals surface area contributed by atoms with Crippen LogP contribution >= 0.6 is 0 Å². The lowest BCUT2D eigenvalue weighted by Gasteiger charge is -2.18. The maximum absolute atomic E-state index is 12.9. The van der Waals surface area contributed by atoms with Gasteiger partial charge in [-0.05, 0) is 12.1 Å². The van der Waals surface area contributed by atoms with E-state index in [4.69, 9.17) is 9.15 Å². The maximum atomic E-state index is 12.9. The Bertz CT molecular complexity index is 1100. The first-order chi connectivity index (χ1) is 14.0. The Kier molecular flexibility index (Phi) is 5.20. The van der Waals surface area contributed by atoms with Crippen LogP contribution in [0.4, 0.5) is 0 Å². The highest BCUT2D eigenvalue weighted by molar-refractivity contribution is 5.57. The minimum absolute atomic E-state index is 0.111. The van der Waals surface area contributed by atoms with Crippen LogP contribution in [0.2, 0.25) is 0 Å². The molecule has 0 radical (unpaired) electrons. The molecule has 1 aliphatic heterocycles. The summed E-state index contributed by atoms with van der Waals surface area (Å²) in [6.45, 7) is -0.627. The van der Waals surface area contributed by atoms with E-state index < -0.39 is 42.4 Å². The van der Waals surface area contributed by atoms with Crippen molar-refractivity contribution in [2.24, 2.45) is 0 Å². The summed E-state index contributed by atoms with van der Waals surface area (Å²) >= 11 is 0. The van der Waals surface area contributed by atoms with E-state index in [0.717, 1.165) is 20.8 Å². The van der Waals surface area contributed by atoms with Gasteiger partial charge in [0.1, 0.15) is 29.8 Å². The van der Waals surface area contributed by atoms with Crippen LogP contribution in [0, 0.1) is 0 Å². The molecule has 1 fully saturated rings. The van der Waals surface area contributed by atoms with Gasteiger partial charge in [0.15, 0.2) is 6.23 Å². The van der Waals surface area contributed by atoms with Crippen LogP contribution in [-0.4, -0.2) is 49.4 Å². The number of aromatic nitrogens is 2. The Balaban J connectivity index is 1.64. The van der Waals surface area contributed by atoms with Crippen LogP contribution in [0.1, 0.15) is 12.0 Å². The van der Waals surface area contributed by atoms with Crippen LogP contribution in [0.25, 0.3) is 11.3 Å². The number of ether oxygens (including phenoxy) is 1. The van der Waals surface area contributed by atoms with Crippen molar-refractivity contribution < 1.29 is 24.5 Å². The van der Waals surface area contributed by atoms with Crippen molar-refractivity contribution >= 4 is 0 Å². The molecule has 1 aromatic carbocycles. The number of aliphatic hydroxyl groups excluding tert-OH is 3. The van der Waals surface area contributed by atoms with Gasteiger partial charge in [-0.1, -0.05) is 30.3 Å². The van der Waals surface area contributed by atoms with E-state index in [0.29, 0.717) is 11.5 Å². The SMILES string of the molecule is O=c1ccn(C2OC(CO)C(O)C2O)c(=O)n1Cc1ccc(-c2ccccc2)o1. The van der Waals surface area contributed by atoms with E-state index in [9.17, 15) is 24.9 Å². The van der Waals surface area contributed by atoms with Crippen LogP contribution < -0.4 is 11.2 Å². The lowest BCUT2D eigenvalue weighted by atomic mass is 10.1. The number of hydrogen-bond acceptors (Lipinski definition) is 7. The molecule has 0 spiro atoms.